The lowest BCUT2D eigenvalue weighted by Gasteiger charge is -2.22. The molecule has 2 rings (SSSR count). The zero-order valence-electron chi connectivity index (χ0n) is 11.4. The summed E-state index contributed by atoms with van der Waals surface area (Å²) in [5.41, 5.74) is -0.374. The molecule has 0 radical (unpaired) electrons. The quantitative estimate of drug-likeness (QED) is 0.820. The van der Waals surface area contributed by atoms with Crippen molar-refractivity contribution in [3.8, 4) is 0 Å². The van der Waals surface area contributed by atoms with Crippen molar-refractivity contribution in [2.75, 3.05) is 25.0 Å². The third-order valence-electron chi connectivity index (χ3n) is 3.25. The van der Waals surface area contributed by atoms with Gasteiger partial charge in [-0.3, -0.25) is 4.79 Å². The van der Waals surface area contributed by atoms with Crippen LogP contribution in [0.5, 0.6) is 0 Å². The molecule has 7 heteroatoms. The first-order chi connectivity index (χ1) is 10.1. The number of ether oxygens (including phenoxy) is 1. The second-order valence-electron chi connectivity index (χ2n) is 4.86. The molecule has 1 aliphatic heterocycles. The van der Waals surface area contributed by atoms with E-state index in [9.17, 15) is 18.0 Å². The highest BCUT2D eigenvalue weighted by atomic mass is 19.2. The van der Waals surface area contributed by atoms with Crippen LogP contribution in [-0.2, 0) is 9.53 Å². The Morgan fingerprint density at radius 3 is 2.57 bits per heavy atom. The molecule has 1 fully saturated rings. The van der Waals surface area contributed by atoms with E-state index in [4.69, 9.17) is 4.74 Å². The summed E-state index contributed by atoms with van der Waals surface area (Å²) < 4.78 is 44.6. The minimum absolute atomic E-state index is 0.0301. The number of anilines is 1. The van der Waals surface area contributed by atoms with Gasteiger partial charge in [0.1, 0.15) is 5.82 Å². The maximum absolute atomic E-state index is 13.3. The number of halogens is 3. The van der Waals surface area contributed by atoms with E-state index in [0.717, 1.165) is 25.9 Å². The molecule has 4 nitrogen and oxygen atoms in total. The van der Waals surface area contributed by atoms with Crippen LogP contribution in [0, 0.1) is 17.5 Å². The predicted molar refractivity (Wildman–Crippen MR) is 71.4 cm³/mol. The fraction of sp³-hybridized carbons (Fsp3) is 0.500. The van der Waals surface area contributed by atoms with Crippen LogP contribution in [0.2, 0.25) is 0 Å². The molecule has 0 aliphatic carbocycles. The van der Waals surface area contributed by atoms with Crippen LogP contribution < -0.4 is 10.6 Å². The monoisotopic (exact) mass is 302 g/mol. The summed E-state index contributed by atoms with van der Waals surface area (Å²) in [4.78, 5) is 11.6. The van der Waals surface area contributed by atoms with Gasteiger partial charge in [-0.05, 0) is 25.9 Å². The van der Waals surface area contributed by atoms with Gasteiger partial charge in [0.2, 0.25) is 5.91 Å². The van der Waals surface area contributed by atoms with E-state index >= 15 is 0 Å². The number of rotatable bonds is 5. The molecular formula is C14H17F3N2O2. The molecule has 0 atom stereocenters. The predicted octanol–water partition coefficient (Wildman–Crippen LogP) is 2.20. The Kier molecular flexibility index (Phi) is 5.58. The number of benzene rings is 1. The summed E-state index contributed by atoms with van der Waals surface area (Å²) in [5.74, 6) is -4.02. The van der Waals surface area contributed by atoms with Crippen molar-refractivity contribution < 1.29 is 22.7 Å². The molecule has 1 aromatic rings. The van der Waals surface area contributed by atoms with Crippen LogP contribution in [0.4, 0.5) is 18.9 Å². The molecule has 1 amide bonds. The van der Waals surface area contributed by atoms with E-state index in [1.54, 1.807) is 0 Å². The van der Waals surface area contributed by atoms with Crippen LogP contribution >= 0.6 is 0 Å². The van der Waals surface area contributed by atoms with Gasteiger partial charge in [0.25, 0.3) is 0 Å². The zero-order valence-corrected chi connectivity index (χ0v) is 11.4. The number of nitrogens with one attached hydrogen (secondary N) is 2. The Labute approximate surface area is 120 Å². The first kappa shape index (κ1) is 15.8. The van der Waals surface area contributed by atoms with E-state index in [0.29, 0.717) is 12.1 Å². The van der Waals surface area contributed by atoms with Crippen molar-refractivity contribution in [2.24, 2.45) is 0 Å². The van der Waals surface area contributed by atoms with E-state index in [-0.39, 0.29) is 24.8 Å². The highest BCUT2D eigenvalue weighted by molar-refractivity contribution is 5.90. The van der Waals surface area contributed by atoms with Gasteiger partial charge in [-0.15, -0.1) is 0 Å². The summed E-state index contributed by atoms with van der Waals surface area (Å²) in [6, 6.07) is 1.02. The topological polar surface area (TPSA) is 50.4 Å². The summed E-state index contributed by atoms with van der Waals surface area (Å²) in [7, 11) is 0. The van der Waals surface area contributed by atoms with Crippen LogP contribution in [0.15, 0.2) is 12.1 Å². The summed E-state index contributed by atoms with van der Waals surface area (Å²) in [6.45, 7) is 1.98. The first-order valence-corrected chi connectivity index (χ1v) is 6.83. The van der Waals surface area contributed by atoms with E-state index < -0.39 is 23.4 Å². The molecule has 21 heavy (non-hydrogen) atoms. The Bertz CT molecular complexity index is 505. The standard InChI is InChI=1S/C14H17F3N2O2/c15-10-7-12(17)13(8-11(10)16)19-14(20)3-6-21-9-1-4-18-5-2-9/h7-9,18H,1-6H2,(H,19,20). The second-order valence-corrected chi connectivity index (χ2v) is 4.86. The Morgan fingerprint density at radius 2 is 1.86 bits per heavy atom. The largest absolute Gasteiger partial charge is 0.378 e. The van der Waals surface area contributed by atoms with E-state index in [1.165, 1.54) is 0 Å². The molecule has 0 bridgehead atoms. The van der Waals surface area contributed by atoms with Gasteiger partial charge < -0.3 is 15.4 Å². The van der Waals surface area contributed by atoms with Crippen LogP contribution in [-0.4, -0.2) is 31.7 Å². The maximum Gasteiger partial charge on any atom is 0.226 e. The summed E-state index contributed by atoms with van der Waals surface area (Å²) in [6.07, 6.45) is 1.93. The van der Waals surface area contributed by atoms with Gasteiger partial charge in [0.05, 0.1) is 24.8 Å². The molecule has 0 unspecified atom stereocenters. The van der Waals surface area contributed by atoms with Crippen molar-refractivity contribution in [1.82, 2.24) is 5.32 Å². The average molecular weight is 302 g/mol. The van der Waals surface area contributed by atoms with Gasteiger partial charge >= 0.3 is 0 Å². The minimum Gasteiger partial charge on any atom is -0.378 e. The van der Waals surface area contributed by atoms with Crippen LogP contribution in [0.25, 0.3) is 0 Å². The fourth-order valence-electron chi connectivity index (χ4n) is 2.11. The summed E-state index contributed by atoms with van der Waals surface area (Å²) in [5, 5.41) is 5.40. The van der Waals surface area contributed by atoms with E-state index in [2.05, 4.69) is 10.6 Å². The number of piperidine rings is 1. The first-order valence-electron chi connectivity index (χ1n) is 6.83. The average Bonchev–Trinajstić information content (AvgIpc) is 2.46. The molecule has 116 valence electrons. The van der Waals surface area contributed by atoms with Gasteiger partial charge in [0.15, 0.2) is 11.6 Å². The molecule has 0 saturated carbocycles. The summed E-state index contributed by atoms with van der Waals surface area (Å²) >= 11 is 0. The molecule has 0 aromatic heterocycles. The Balaban J connectivity index is 1.77. The van der Waals surface area contributed by atoms with Crippen molar-refractivity contribution in [3.63, 3.8) is 0 Å². The number of hydrogen-bond acceptors (Lipinski definition) is 3. The second kappa shape index (κ2) is 7.42. The molecular weight excluding hydrogens is 285 g/mol. The third kappa shape index (κ3) is 4.71. The van der Waals surface area contributed by atoms with Gasteiger partial charge in [0, 0.05) is 12.1 Å². The van der Waals surface area contributed by atoms with Crippen molar-refractivity contribution in [1.29, 1.82) is 0 Å². The van der Waals surface area contributed by atoms with Crippen molar-refractivity contribution in [3.05, 3.63) is 29.6 Å². The molecule has 1 aromatic carbocycles. The van der Waals surface area contributed by atoms with Gasteiger partial charge in [-0.2, -0.15) is 0 Å². The number of hydrogen-bond donors (Lipinski definition) is 2. The lowest BCUT2D eigenvalue weighted by Crippen LogP contribution is -2.33. The molecule has 1 heterocycles. The molecule has 2 N–H and O–H groups in total. The van der Waals surface area contributed by atoms with Crippen molar-refractivity contribution >= 4 is 11.6 Å². The normalized spacial score (nSPS) is 16.0. The Hall–Kier alpha value is -1.60. The highest BCUT2D eigenvalue weighted by Gasteiger charge is 2.15. The lowest BCUT2D eigenvalue weighted by atomic mass is 10.1. The number of amides is 1. The smallest absolute Gasteiger partial charge is 0.226 e. The highest BCUT2D eigenvalue weighted by Crippen LogP contribution is 2.18. The molecule has 1 aliphatic rings. The SMILES string of the molecule is O=C(CCOC1CCNCC1)Nc1cc(F)c(F)cc1F. The fourth-order valence-corrected chi connectivity index (χ4v) is 2.11. The van der Waals surface area contributed by atoms with Gasteiger partial charge in [-0.25, -0.2) is 13.2 Å². The van der Waals surface area contributed by atoms with Crippen LogP contribution in [0.1, 0.15) is 19.3 Å². The number of carbonyl (C=O) groups excluding carboxylic acids is 1. The van der Waals surface area contributed by atoms with Crippen molar-refractivity contribution in [2.45, 2.75) is 25.4 Å². The number of carbonyl (C=O) groups is 1. The molecule has 1 saturated heterocycles. The van der Waals surface area contributed by atoms with Gasteiger partial charge in [-0.1, -0.05) is 0 Å². The van der Waals surface area contributed by atoms with E-state index in [1.807, 2.05) is 0 Å². The Morgan fingerprint density at radius 1 is 1.19 bits per heavy atom. The van der Waals surface area contributed by atoms with Crippen LogP contribution in [0.3, 0.4) is 0 Å². The molecule has 0 spiro atoms. The third-order valence-corrected chi connectivity index (χ3v) is 3.25. The minimum atomic E-state index is -1.29. The lowest BCUT2D eigenvalue weighted by molar-refractivity contribution is -0.117. The zero-order chi connectivity index (χ0) is 15.2. The maximum atomic E-state index is 13.3.